The topological polar surface area (TPSA) is 46.5 Å². The van der Waals surface area contributed by atoms with E-state index in [0.717, 1.165) is 11.1 Å². The first-order valence-corrected chi connectivity index (χ1v) is 9.26. The molecule has 1 N–H and O–H groups in total. The Morgan fingerprint density at radius 1 is 1.04 bits per heavy atom. The van der Waals surface area contributed by atoms with Crippen molar-refractivity contribution in [2.45, 2.75) is 59.0 Å². The minimum atomic E-state index is -0.670. The number of aromatic hydroxyl groups is 1. The molecule has 2 rings (SSSR count). The van der Waals surface area contributed by atoms with Crippen LogP contribution < -0.4 is 0 Å². The van der Waals surface area contributed by atoms with Gasteiger partial charge < -0.3 is 9.84 Å². The molecule has 0 spiro atoms. The van der Waals surface area contributed by atoms with Gasteiger partial charge in [-0.25, -0.2) is 0 Å². The van der Waals surface area contributed by atoms with Crippen LogP contribution in [0, 0.1) is 5.41 Å². The van der Waals surface area contributed by atoms with Gasteiger partial charge in [-0.05, 0) is 62.8 Å². The molecule has 0 heterocycles. The number of phenols is 1. The van der Waals surface area contributed by atoms with Crippen LogP contribution in [-0.2, 0) is 15.1 Å². The number of phenolic OH excluding ortho intramolecular Hbond substituents is 1. The second kappa shape index (κ2) is 7.94. The lowest BCUT2D eigenvalue weighted by atomic mass is 9.77. The van der Waals surface area contributed by atoms with E-state index in [-0.39, 0.29) is 17.6 Å². The summed E-state index contributed by atoms with van der Waals surface area (Å²) < 4.78 is 5.96. The molecule has 2 aromatic carbocycles. The number of carbonyl (C=O) groups excluding carboxylic acids is 1. The van der Waals surface area contributed by atoms with Gasteiger partial charge in [0.1, 0.15) is 11.4 Å². The molecular formula is C23H30O3. The summed E-state index contributed by atoms with van der Waals surface area (Å²) in [5.74, 6) is 0.274. The lowest BCUT2D eigenvalue weighted by Gasteiger charge is -2.34. The van der Waals surface area contributed by atoms with E-state index in [2.05, 4.69) is 6.92 Å². The van der Waals surface area contributed by atoms with E-state index in [1.807, 2.05) is 70.2 Å². The molecule has 3 heteroatoms. The zero-order chi connectivity index (χ0) is 19.4. The molecule has 2 aromatic rings. The first-order chi connectivity index (χ1) is 12.2. The predicted octanol–water partition coefficient (Wildman–Crippen LogP) is 5.78. The van der Waals surface area contributed by atoms with E-state index in [1.54, 1.807) is 12.1 Å². The fourth-order valence-electron chi connectivity index (χ4n) is 3.22. The SMILES string of the molecule is CCC(C)(CC(C)c1ccc(O)cc1)C(=O)OC(C)(C)c1ccccc1. The van der Waals surface area contributed by atoms with Crippen molar-refractivity contribution in [1.82, 2.24) is 0 Å². The molecule has 26 heavy (non-hydrogen) atoms. The third-order valence-electron chi connectivity index (χ3n) is 5.31. The van der Waals surface area contributed by atoms with Crippen LogP contribution in [0.3, 0.4) is 0 Å². The molecule has 0 amide bonds. The van der Waals surface area contributed by atoms with E-state index < -0.39 is 11.0 Å². The van der Waals surface area contributed by atoms with E-state index >= 15 is 0 Å². The van der Waals surface area contributed by atoms with Crippen molar-refractivity contribution in [1.29, 1.82) is 0 Å². The van der Waals surface area contributed by atoms with Crippen molar-refractivity contribution in [3.63, 3.8) is 0 Å². The van der Waals surface area contributed by atoms with Crippen LogP contribution in [-0.4, -0.2) is 11.1 Å². The van der Waals surface area contributed by atoms with Gasteiger partial charge in [0.25, 0.3) is 0 Å². The standard InChI is InChI=1S/C23H30O3/c1-6-23(5,16-17(2)18-12-14-20(24)15-13-18)21(25)26-22(3,4)19-10-8-7-9-11-19/h7-15,17,24H,6,16H2,1-5H3. The number of hydrogen-bond donors (Lipinski definition) is 1. The van der Waals surface area contributed by atoms with Gasteiger partial charge in [-0.1, -0.05) is 56.3 Å². The van der Waals surface area contributed by atoms with Crippen LogP contribution in [0.15, 0.2) is 54.6 Å². The quantitative estimate of drug-likeness (QED) is 0.641. The van der Waals surface area contributed by atoms with Gasteiger partial charge >= 0.3 is 5.97 Å². The molecule has 0 bridgehead atoms. The Morgan fingerprint density at radius 3 is 2.15 bits per heavy atom. The number of ether oxygens (including phenoxy) is 1. The summed E-state index contributed by atoms with van der Waals surface area (Å²) in [7, 11) is 0. The van der Waals surface area contributed by atoms with Crippen LogP contribution in [0.1, 0.15) is 64.5 Å². The highest BCUT2D eigenvalue weighted by molar-refractivity contribution is 5.77. The molecule has 0 aliphatic carbocycles. The summed E-state index contributed by atoms with van der Waals surface area (Å²) in [6.07, 6.45) is 1.40. The lowest BCUT2D eigenvalue weighted by Crippen LogP contribution is -2.36. The summed E-state index contributed by atoms with van der Waals surface area (Å²) in [6, 6.07) is 17.0. The van der Waals surface area contributed by atoms with Gasteiger partial charge in [0, 0.05) is 0 Å². The number of hydrogen-bond acceptors (Lipinski definition) is 3. The molecule has 2 unspecified atom stereocenters. The van der Waals surface area contributed by atoms with E-state index in [4.69, 9.17) is 4.74 Å². The van der Waals surface area contributed by atoms with Crippen molar-refractivity contribution in [2.24, 2.45) is 5.41 Å². The fraction of sp³-hybridized carbons (Fsp3) is 0.435. The Bertz CT molecular complexity index is 719. The lowest BCUT2D eigenvalue weighted by molar-refractivity contribution is -0.170. The molecule has 0 aromatic heterocycles. The third kappa shape index (κ3) is 4.66. The predicted molar refractivity (Wildman–Crippen MR) is 105 cm³/mol. The Hall–Kier alpha value is -2.29. The first-order valence-electron chi connectivity index (χ1n) is 9.26. The smallest absolute Gasteiger partial charge is 0.312 e. The molecule has 0 aliphatic rings. The normalized spacial score (nSPS) is 15.1. The maximum Gasteiger partial charge on any atom is 0.312 e. The second-order valence-corrected chi connectivity index (χ2v) is 7.88. The number of rotatable bonds is 7. The fourth-order valence-corrected chi connectivity index (χ4v) is 3.22. The van der Waals surface area contributed by atoms with Crippen molar-refractivity contribution in [2.75, 3.05) is 0 Å². The number of carbonyl (C=O) groups is 1. The van der Waals surface area contributed by atoms with Crippen LogP contribution >= 0.6 is 0 Å². The highest BCUT2D eigenvalue weighted by Gasteiger charge is 2.38. The molecule has 140 valence electrons. The Kier molecular flexibility index (Phi) is 6.12. The molecule has 0 saturated heterocycles. The molecule has 0 aliphatic heterocycles. The molecular weight excluding hydrogens is 324 g/mol. The second-order valence-electron chi connectivity index (χ2n) is 7.88. The van der Waals surface area contributed by atoms with E-state index in [0.29, 0.717) is 12.8 Å². The summed E-state index contributed by atoms with van der Waals surface area (Å²) in [6.45, 7) is 9.98. The highest BCUT2D eigenvalue weighted by Crippen LogP contribution is 2.38. The minimum absolute atomic E-state index is 0.167. The number of benzene rings is 2. The largest absolute Gasteiger partial charge is 0.508 e. The van der Waals surface area contributed by atoms with Crippen molar-refractivity contribution in [3.05, 3.63) is 65.7 Å². The van der Waals surface area contributed by atoms with Crippen LogP contribution in [0.25, 0.3) is 0 Å². The Labute approximate surface area is 157 Å². The van der Waals surface area contributed by atoms with Crippen LogP contribution in [0.4, 0.5) is 0 Å². The van der Waals surface area contributed by atoms with Gasteiger partial charge in [0.2, 0.25) is 0 Å². The maximum absolute atomic E-state index is 13.0. The summed E-state index contributed by atoms with van der Waals surface area (Å²) in [4.78, 5) is 13.0. The van der Waals surface area contributed by atoms with E-state index in [1.165, 1.54) is 0 Å². The highest BCUT2D eigenvalue weighted by atomic mass is 16.6. The van der Waals surface area contributed by atoms with Gasteiger partial charge in [-0.15, -0.1) is 0 Å². The van der Waals surface area contributed by atoms with Gasteiger partial charge in [-0.3, -0.25) is 4.79 Å². The molecule has 0 saturated carbocycles. The molecule has 3 nitrogen and oxygen atoms in total. The maximum atomic E-state index is 13.0. The molecule has 0 radical (unpaired) electrons. The average Bonchev–Trinajstić information content (AvgIpc) is 2.62. The summed E-state index contributed by atoms with van der Waals surface area (Å²) in [5, 5.41) is 9.47. The Morgan fingerprint density at radius 2 is 1.62 bits per heavy atom. The minimum Gasteiger partial charge on any atom is -0.508 e. The van der Waals surface area contributed by atoms with Crippen LogP contribution in [0.2, 0.25) is 0 Å². The first kappa shape index (κ1) is 20.0. The number of esters is 1. The molecule has 0 fully saturated rings. The summed E-state index contributed by atoms with van der Waals surface area (Å²) >= 11 is 0. The van der Waals surface area contributed by atoms with Crippen LogP contribution in [0.5, 0.6) is 5.75 Å². The van der Waals surface area contributed by atoms with Gasteiger partial charge in [0.15, 0.2) is 0 Å². The Balaban J connectivity index is 2.14. The van der Waals surface area contributed by atoms with E-state index in [9.17, 15) is 9.90 Å². The zero-order valence-corrected chi connectivity index (χ0v) is 16.5. The van der Waals surface area contributed by atoms with Crippen molar-refractivity contribution >= 4 is 5.97 Å². The molecule has 2 atom stereocenters. The van der Waals surface area contributed by atoms with Crippen molar-refractivity contribution < 1.29 is 14.6 Å². The zero-order valence-electron chi connectivity index (χ0n) is 16.5. The average molecular weight is 354 g/mol. The van der Waals surface area contributed by atoms with Gasteiger partial charge in [-0.2, -0.15) is 0 Å². The van der Waals surface area contributed by atoms with Crippen molar-refractivity contribution in [3.8, 4) is 5.75 Å². The summed E-state index contributed by atoms with van der Waals surface area (Å²) in [5.41, 5.74) is 0.857. The third-order valence-corrected chi connectivity index (χ3v) is 5.31. The monoisotopic (exact) mass is 354 g/mol. The van der Waals surface area contributed by atoms with Gasteiger partial charge in [0.05, 0.1) is 5.41 Å².